The molecule has 0 spiro atoms. The van der Waals surface area contributed by atoms with Gasteiger partial charge in [0, 0.05) is 12.6 Å². The molecule has 6 heteroatoms. The highest BCUT2D eigenvalue weighted by atomic mass is 16.6. The summed E-state index contributed by atoms with van der Waals surface area (Å²) < 4.78 is 10.4. The summed E-state index contributed by atoms with van der Waals surface area (Å²) in [5.74, 6) is 0.866. The van der Waals surface area contributed by atoms with Crippen LogP contribution in [0.3, 0.4) is 0 Å². The zero-order valence-electron chi connectivity index (χ0n) is 12.7. The van der Waals surface area contributed by atoms with Crippen molar-refractivity contribution in [1.29, 1.82) is 0 Å². The molecule has 21 heavy (non-hydrogen) atoms. The lowest BCUT2D eigenvalue weighted by Gasteiger charge is -2.23. The van der Waals surface area contributed by atoms with Gasteiger partial charge in [-0.1, -0.05) is 35.5 Å². The number of nitrogens with zero attached hydrogens (tertiary/aromatic N) is 3. The molecule has 1 aromatic heterocycles. The summed E-state index contributed by atoms with van der Waals surface area (Å²) in [7, 11) is 1.63. The molecule has 0 aliphatic heterocycles. The predicted octanol–water partition coefficient (Wildman–Crippen LogP) is 3.10. The molecule has 1 amide bonds. The summed E-state index contributed by atoms with van der Waals surface area (Å²) in [6, 6.07) is 9.51. The zero-order chi connectivity index (χ0) is 15.5. The fourth-order valence-electron chi connectivity index (χ4n) is 1.63. The average molecular weight is 289 g/mol. The molecule has 2 aromatic rings. The highest BCUT2D eigenvalue weighted by molar-refractivity contribution is 5.67. The van der Waals surface area contributed by atoms with Gasteiger partial charge >= 0.3 is 6.09 Å². The molecular weight excluding hydrogens is 270 g/mol. The van der Waals surface area contributed by atoms with Crippen LogP contribution in [-0.4, -0.2) is 33.8 Å². The molecule has 1 aromatic carbocycles. The number of aromatic nitrogens is 2. The van der Waals surface area contributed by atoms with Crippen molar-refractivity contribution in [1.82, 2.24) is 15.0 Å². The van der Waals surface area contributed by atoms with E-state index < -0.39 is 11.7 Å². The molecule has 0 N–H and O–H groups in total. The number of ether oxygens (including phenoxy) is 1. The Morgan fingerprint density at radius 3 is 2.57 bits per heavy atom. The number of benzene rings is 1. The fourth-order valence-corrected chi connectivity index (χ4v) is 1.63. The smallest absolute Gasteiger partial charge is 0.410 e. The van der Waals surface area contributed by atoms with Crippen molar-refractivity contribution in [2.24, 2.45) is 0 Å². The highest BCUT2D eigenvalue weighted by Crippen LogP contribution is 2.16. The van der Waals surface area contributed by atoms with Crippen molar-refractivity contribution in [2.45, 2.75) is 32.9 Å². The number of hydrogen-bond acceptors (Lipinski definition) is 5. The second-order valence-electron chi connectivity index (χ2n) is 5.71. The Kier molecular flexibility index (Phi) is 4.26. The number of carbonyl (C=O) groups excluding carboxylic acids is 1. The van der Waals surface area contributed by atoms with E-state index in [1.54, 1.807) is 7.05 Å². The summed E-state index contributed by atoms with van der Waals surface area (Å²) in [5.41, 5.74) is 0.336. The highest BCUT2D eigenvalue weighted by Gasteiger charge is 2.21. The monoisotopic (exact) mass is 289 g/mol. The van der Waals surface area contributed by atoms with Gasteiger partial charge in [-0.3, -0.25) is 0 Å². The predicted molar refractivity (Wildman–Crippen MR) is 77.4 cm³/mol. The molecule has 112 valence electrons. The Bertz CT molecular complexity index is 602. The Hall–Kier alpha value is -2.37. The van der Waals surface area contributed by atoms with Crippen LogP contribution in [0.15, 0.2) is 34.9 Å². The molecule has 0 atom stereocenters. The summed E-state index contributed by atoms with van der Waals surface area (Å²) in [6.45, 7) is 5.66. The van der Waals surface area contributed by atoms with Crippen molar-refractivity contribution >= 4 is 6.09 Å². The fraction of sp³-hybridized carbons (Fsp3) is 0.400. The summed E-state index contributed by atoms with van der Waals surface area (Å²) in [5, 5.41) is 3.91. The second kappa shape index (κ2) is 5.95. The first kappa shape index (κ1) is 15.0. The quantitative estimate of drug-likeness (QED) is 0.868. The van der Waals surface area contributed by atoms with E-state index >= 15 is 0 Å². The molecule has 0 radical (unpaired) electrons. The van der Waals surface area contributed by atoms with E-state index in [1.165, 1.54) is 4.90 Å². The summed E-state index contributed by atoms with van der Waals surface area (Å²) in [4.78, 5) is 17.5. The third kappa shape index (κ3) is 4.30. The first-order chi connectivity index (χ1) is 9.85. The van der Waals surface area contributed by atoms with E-state index in [0.29, 0.717) is 11.7 Å². The third-order valence-corrected chi connectivity index (χ3v) is 2.58. The van der Waals surface area contributed by atoms with Crippen LogP contribution in [0.1, 0.15) is 26.7 Å². The van der Waals surface area contributed by atoms with E-state index in [0.717, 1.165) is 5.56 Å². The molecule has 0 aliphatic carbocycles. The van der Waals surface area contributed by atoms with Gasteiger partial charge in [0.15, 0.2) is 0 Å². The van der Waals surface area contributed by atoms with Crippen molar-refractivity contribution < 1.29 is 14.1 Å². The second-order valence-corrected chi connectivity index (χ2v) is 5.71. The SMILES string of the molecule is CN(Cc1nc(-c2ccccc2)no1)C(=O)OC(C)(C)C. The van der Waals surface area contributed by atoms with E-state index in [1.807, 2.05) is 51.1 Å². The largest absolute Gasteiger partial charge is 0.444 e. The van der Waals surface area contributed by atoms with Gasteiger partial charge < -0.3 is 14.2 Å². The standard InChI is InChI=1S/C15H19N3O3/c1-15(2,3)20-14(19)18(4)10-12-16-13(17-21-12)11-8-6-5-7-9-11/h5-9H,10H2,1-4H3. The van der Waals surface area contributed by atoms with Gasteiger partial charge in [-0.15, -0.1) is 0 Å². The van der Waals surface area contributed by atoms with Gasteiger partial charge in [-0.25, -0.2) is 4.79 Å². The normalized spacial score (nSPS) is 11.2. The van der Waals surface area contributed by atoms with Gasteiger partial charge in [0.05, 0.1) is 0 Å². The van der Waals surface area contributed by atoms with Crippen LogP contribution >= 0.6 is 0 Å². The first-order valence-electron chi connectivity index (χ1n) is 6.67. The lowest BCUT2D eigenvalue weighted by Crippen LogP contribution is -2.33. The van der Waals surface area contributed by atoms with Gasteiger partial charge in [-0.05, 0) is 20.8 Å². The molecule has 1 heterocycles. The Morgan fingerprint density at radius 2 is 1.95 bits per heavy atom. The summed E-state index contributed by atoms with van der Waals surface area (Å²) >= 11 is 0. The number of hydrogen-bond donors (Lipinski definition) is 0. The minimum Gasteiger partial charge on any atom is -0.444 e. The molecule has 2 rings (SSSR count). The lowest BCUT2D eigenvalue weighted by atomic mass is 10.2. The Balaban J connectivity index is 2.01. The average Bonchev–Trinajstić information content (AvgIpc) is 2.86. The van der Waals surface area contributed by atoms with Crippen molar-refractivity contribution in [2.75, 3.05) is 7.05 Å². The molecule has 0 bridgehead atoms. The molecule has 0 saturated heterocycles. The van der Waals surface area contributed by atoms with Crippen molar-refractivity contribution in [3.63, 3.8) is 0 Å². The van der Waals surface area contributed by atoms with Crippen LogP contribution in [0.5, 0.6) is 0 Å². The maximum absolute atomic E-state index is 11.9. The molecule has 0 aliphatic rings. The minimum absolute atomic E-state index is 0.203. The van der Waals surface area contributed by atoms with Crippen LogP contribution in [0.4, 0.5) is 4.79 Å². The molecule has 0 unspecified atom stereocenters. The summed E-state index contributed by atoms with van der Waals surface area (Å²) in [6.07, 6.45) is -0.429. The maximum atomic E-state index is 11.9. The van der Waals surface area contributed by atoms with Crippen LogP contribution in [-0.2, 0) is 11.3 Å². The molecular formula is C15H19N3O3. The van der Waals surface area contributed by atoms with E-state index in [-0.39, 0.29) is 6.54 Å². The van der Waals surface area contributed by atoms with Crippen LogP contribution in [0.25, 0.3) is 11.4 Å². The van der Waals surface area contributed by atoms with Crippen LogP contribution in [0, 0.1) is 0 Å². The van der Waals surface area contributed by atoms with E-state index in [2.05, 4.69) is 10.1 Å². The zero-order valence-corrected chi connectivity index (χ0v) is 12.7. The molecule has 0 saturated carbocycles. The van der Waals surface area contributed by atoms with Gasteiger partial charge in [0.2, 0.25) is 11.7 Å². The van der Waals surface area contributed by atoms with E-state index in [9.17, 15) is 4.79 Å². The van der Waals surface area contributed by atoms with Gasteiger partial charge in [0.25, 0.3) is 0 Å². The number of amides is 1. The number of carbonyl (C=O) groups is 1. The minimum atomic E-state index is -0.532. The molecule has 0 fully saturated rings. The topological polar surface area (TPSA) is 68.5 Å². The van der Waals surface area contributed by atoms with E-state index in [4.69, 9.17) is 9.26 Å². The van der Waals surface area contributed by atoms with Crippen molar-refractivity contribution in [3.05, 3.63) is 36.2 Å². The van der Waals surface area contributed by atoms with Crippen LogP contribution in [0.2, 0.25) is 0 Å². The number of rotatable bonds is 3. The van der Waals surface area contributed by atoms with Crippen molar-refractivity contribution in [3.8, 4) is 11.4 Å². The first-order valence-corrected chi connectivity index (χ1v) is 6.67. The molecule has 6 nitrogen and oxygen atoms in total. The van der Waals surface area contributed by atoms with Gasteiger partial charge in [0.1, 0.15) is 12.1 Å². The maximum Gasteiger partial charge on any atom is 0.410 e. The Labute approximate surface area is 123 Å². The van der Waals surface area contributed by atoms with Gasteiger partial charge in [-0.2, -0.15) is 4.98 Å². The Morgan fingerprint density at radius 1 is 1.29 bits per heavy atom. The lowest BCUT2D eigenvalue weighted by molar-refractivity contribution is 0.0268. The van der Waals surface area contributed by atoms with Crippen LogP contribution < -0.4 is 0 Å². The third-order valence-electron chi connectivity index (χ3n) is 2.58.